The summed E-state index contributed by atoms with van der Waals surface area (Å²) >= 11 is 0. The van der Waals surface area contributed by atoms with Gasteiger partial charge in [-0.15, -0.1) is 0 Å². The van der Waals surface area contributed by atoms with Crippen molar-refractivity contribution in [3.63, 3.8) is 0 Å². The van der Waals surface area contributed by atoms with Crippen molar-refractivity contribution in [3.05, 3.63) is 64.8 Å². The quantitative estimate of drug-likeness (QED) is 0.0566. The van der Waals surface area contributed by atoms with Crippen LogP contribution in [0.4, 0.5) is 0 Å². The van der Waals surface area contributed by atoms with Crippen LogP contribution in [0.1, 0.15) is 45.1 Å². The number of aromatic nitrogens is 1. The van der Waals surface area contributed by atoms with E-state index in [9.17, 15) is 28.5 Å². The number of rotatable bonds is 16. The molecule has 1 aliphatic heterocycles. The van der Waals surface area contributed by atoms with E-state index in [1.54, 1.807) is 32.0 Å². The third-order valence-electron chi connectivity index (χ3n) is 6.33. The van der Waals surface area contributed by atoms with Crippen LogP contribution >= 0.6 is 7.75 Å². The second kappa shape index (κ2) is 18.0. The van der Waals surface area contributed by atoms with E-state index < -0.39 is 93.5 Å². The van der Waals surface area contributed by atoms with Gasteiger partial charge in [0.25, 0.3) is 0 Å². The van der Waals surface area contributed by atoms with Crippen LogP contribution < -0.4 is 14.9 Å². The highest BCUT2D eigenvalue weighted by molar-refractivity contribution is 7.52. The minimum Gasteiger partial charge on any atom is -0.462 e. The van der Waals surface area contributed by atoms with Crippen LogP contribution in [-0.4, -0.2) is 90.7 Å². The van der Waals surface area contributed by atoms with Crippen molar-refractivity contribution in [2.24, 2.45) is 5.11 Å². The first-order valence-electron chi connectivity index (χ1n) is 14.8. The molecule has 1 amide bonds. The van der Waals surface area contributed by atoms with Gasteiger partial charge in [-0.3, -0.25) is 23.7 Å². The fraction of sp³-hybridized carbons (Fsp3) is 0.483. The maximum Gasteiger partial charge on any atom is 0.459 e. The molecule has 3 rings (SSSR count). The molecule has 2 aromatic rings. The summed E-state index contributed by atoms with van der Waals surface area (Å²) in [6.45, 7) is 5.24. The molecule has 1 saturated heterocycles. The van der Waals surface area contributed by atoms with Gasteiger partial charge in [0.2, 0.25) is 12.2 Å². The number of benzene rings is 1. The zero-order chi connectivity index (χ0) is 36.1. The lowest BCUT2D eigenvalue weighted by Crippen LogP contribution is -2.67. The normalized spacial score (nSPS) is 22.0. The number of carbonyl (C=O) groups excluding carboxylic acids is 5. The SMILES string of the molecule is CC(=O)O[C@H]1[C@H](OC(C)=O)[C@@H](COP(=O)(N[C@@H](C)C(=O)OC(C)C)Oc2ccccc2)OC(OC(=O)c2ccc[nH]2)[C@H]1NC(=O)CN=[N+]=[N-]. The molecule has 3 N–H and O–H groups in total. The summed E-state index contributed by atoms with van der Waals surface area (Å²) in [6, 6.07) is 7.98. The van der Waals surface area contributed by atoms with E-state index in [0.29, 0.717) is 0 Å². The van der Waals surface area contributed by atoms with Crippen LogP contribution in [0.25, 0.3) is 10.4 Å². The van der Waals surface area contributed by atoms with Gasteiger partial charge in [-0.25, -0.2) is 9.36 Å². The molecule has 0 saturated carbocycles. The highest BCUT2D eigenvalue weighted by Crippen LogP contribution is 2.46. The second-order valence-electron chi connectivity index (χ2n) is 10.7. The summed E-state index contributed by atoms with van der Waals surface area (Å²) in [5.41, 5.74) is 8.64. The molecular formula is C29H37N6O13P. The minimum absolute atomic E-state index is 0.0195. The lowest BCUT2D eigenvalue weighted by Gasteiger charge is -2.44. The van der Waals surface area contributed by atoms with Crippen LogP contribution in [0.3, 0.4) is 0 Å². The van der Waals surface area contributed by atoms with Crippen LogP contribution in [0.15, 0.2) is 53.8 Å². The van der Waals surface area contributed by atoms with Crippen molar-refractivity contribution in [3.8, 4) is 5.75 Å². The molecule has 19 nitrogen and oxygen atoms in total. The maximum atomic E-state index is 14.1. The van der Waals surface area contributed by atoms with E-state index in [4.69, 9.17) is 38.3 Å². The van der Waals surface area contributed by atoms with Crippen LogP contribution in [0.5, 0.6) is 5.75 Å². The largest absolute Gasteiger partial charge is 0.462 e. The number of amides is 1. The van der Waals surface area contributed by atoms with Gasteiger partial charge in [0.05, 0.1) is 12.7 Å². The number of hydrogen-bond acceptors (Lipinski definition) is 14. The molecule has 0 aliphatic carbocycles. The minimum atomic E-state index is -4.51. The summed E-state index contributed by atoms with van der Waals surface area (Å²) in [7, 11) is -4.51. The van der Waals surface area contributed by atoms with Crippen molar-refractivity contribution < 1.29 is 61.3 Å². The molecule has 1 aromatic heterocycles. The fourth-order valence-corrected chi connectivity index (χ4v) is 5.92. The van der Waals surface area contributed by atoms with E-state index in [-0.39, 0.29) is 11.4 Å². The summed E-state index contributed by atoms with van der Waals surface area (Å²) in [4.78, 5) is 68.0. The Morgan fingerprint density at radius 2 is 1.67 bits per heavy atom. The Balaban J connectivity index is 2.01. The number of nitrogens with zero attached hydrogens (tertiary/aromatic N) is 3. The molecule has 20 heteroatoms. The number of esters is 4. The molecule has 2 unspecified atom stereocenters. The molecule has 0 bridgehead atoms. The van der Waals surface area contributed by atoms with E-state index in [2.05, 4.69) is 25.4 Å². The highest BCUT2D eigenvalue weighted by atomic mass is 31.2. The zero-order valence-electron chi connectivity index (χ0n) is 27.2. The van der Waals surface area contributed by atoms with E-state index in [1.165, 1.54) is 37.4 Å². The Labute approximate surface area is 280 Å². The Kier molecular flexibility index (Phi) is 14.2. The average molecular weight is 709 g/mol. The van der Waals surface area contributed by atoms with Crippen molar-refractivity contribution in [1.82, 2.24) is 15.4 Å². The van der Waals surface area contributed by atoms with Gasteiger partial charge in [0, 0.05) is 25.0 Å². The number of hydrogen-bond donors (Lipinski definition) is 3. The van der Waals surface area contributed by atoms with Crippen molar-refractivity contribution >= 4 is 37.5 Å². The summed E-state index contributed by atoms with van der Waals surface area (Å²) in [6.07, 6.45) is -5.52. The lowest BCUT2D eigenvalue weighted by atomic mass is 9.96. The first kappa shape index (κ1) is 38.5. The van der Waals surface area contributed by atoms with Crippen molar-refractivity contribution in [1.29, 1.82) is 0 Å². The summed E-state index contributed by atoms with van der Waals surface area (Å²) in [5, 5.41) is 8.12. The molecule has 49 heavy (non-hydrogen) atoms. The predicted molar refractivity (Wildman–Crippen MR) is 166 cm³/mol. The Hall–Kier alpha value is -4.93. The number of carbonyl (C=O) groups is 5. The lowest BCUT2D eigenvalue weighted by molar-refractivity contribution is -0.261. The average Bonchev–Trinajstić information content (AvgIpc) is 3.57. The van der Waals surface area contributed by atoms with Crippen molar-refractivity contribution in [2.45, 2.75) is 77.4 Å². The third-order valence-corrected chi connectivity index (χ3v) is 7.98. The predicted octanol–water partition coefficient (Wildman–Crippen LogP) is 2.69. The number of nitrogens with one attached hydrogen (secondary N) is 3. The van der Waals surface area contributed by atoms with Crippen LogP contribution in [0, 0.1) is 0 Å². The molecule has 0 spiro atoms. The molecule has 0 radical (unpaired) electrons. The molecular weight excluding hydrogens is 671 g/mol. The van der Waals surface area contributed by atoms with Crippen molar-refractivity contribution in [2.75, 3.05) is 13.2 Å². The number of H-pyrrole nitrogens is 1. The molecule has 1 fully saturated rings. The van der Waals surface area contributed by atoms with Crippen LogP contribution in [-0.2, 0) is 52.0 Å². The van der Waals surface area contributed by atoms with Gasteiger partial charge in [-0.05, 0) is 50.6 Å². The number of para-hydroxylation sites is 1. The summed E-state index contributed by atoms with van der Waals surface area (Å²) in [5.74, 6) is -4.33. The molecule has 266 valence electrons. The smallest absolute Gasteiger partial charge is 0.459 e. The van der Waals surface area contributed by atoms with Gasteiger partial charge in [-0.1, -0.05) is 23.3 Å². The van der Waals surface area contributed by atoms with Crippen LogP contribution in [0.2, 0.25) is 0 Å². The van der Waals surface area contributed by atoms with Gasteiger partial charge in [0.1, 0.15) is 36.2 Å². The number of aromatic amines is 1. The Morgan fingerprint density at radius 1 is 1.00 bits per heavy atom. The molecule has 1 aromatic carbocycles. The summed E-state index contributed by atoms with van der Waals surface area (Å²) < 4.78 is 53.2. The molecule has 7 atom stereocenters. The Morgan fingerprint density at radius 3 is 2.27 bits per heavy atom. The molecule has 2 heterocycles. The van der Waals surface area contributed by atoms with Gasteiger partial charge in [0.15, 0.2) is 12.2 Å². The Bertz CT molecular complexity index is 1550. The standard InChI is InChI=1S/C29H37N6O13P/c1-16(2)43-27(39)17(3)34-49(41,48-20-10-7-6-8-11-20)42-15-22-25(44-18(4)36)26(45-19(5)37)24(33-23(38)14-32-35-30)29(46-22)47-28(40)21-12-9-13-31-21/h6-13,16-17,22,24-26,29,31H,14-15H2,1-5H3,(H,33,38)(H,34,41)/t17-,22+,24-,25+,26+,29?,49?/m0/s1. The highest BCUT2D eigenvalue weighted by Gasteiger charge is 2.53. The van der Waals surface area contributed by atoms with E-state index in [1.807, 2.05) is 0 Å². The third kappa shape index (κ3) is 11.9. The topological polar surface area (TPSA) is 256 Å². The van der Waals surface area contributed by atoms with E-state index >= 15 is 0 Å². The van der Waals surface area contributed by atoms with Gasteiger partial charge in [-0.2, -0.15) is 5.09 Å². The first-order chi connectivity index (χ1) is 23.2. The number of ether oxygens (including phenoxy) is 5. The van der Waals surface area contributed by atoms with Gasteiger partial charge < -0.3 is 38.5 Å². The second-order valence-corrected chi connectivity index (χ2v) is 12.4. The van der Waals surface area contributed by atoms with Gasteiger partial charge >= 0.3 is 31.6 Å². The number of azide groups is 1. The maximum absolute atomic E-state index is 14.1. The molecule has 1 aliphatic rings. The first-order valence-corrected chi connectivity index (χ1v) is 16.4. The zero-order valence-corrected chi connectivity index (χ0v) is 28.1. The monoisotopic (exact) mass is 708 g/mol. The fourth-order valence-electron chi connectivity index (χ4n) is 4.42. The van der Waals surface area contributed by atoms with E-state index in [0.717, 1.165) is 13.8 Å².